The van der Waals surface area contributed by atoms with Gasteiger partial charge in [0.1, 0.15) is 22.9 Å². The van der Waals surface area contributed by atoms with Gasteiger partial charge in [0.25, 0.3) is 0 Å². The fraction of sp³-hybridized carbons (Fsp3) is 0.400. The molecule has 186 valence electrons. The molecule has 4 aliphatic rings. The number of aromatic nitrogens is 1. The highest BCUT2D eigenvalue weighted by atomic mass is 35.5. The summed E-state index contributed by atoms with van der Waals surface area (Å²) < 4.78 is 6.12. The van der Waals surface area contributed by atoms with E-state index in [1.165, 1.54) is 50.2 Å². The lowest BCUT2D eigenvalue weighted by molar-refractivity contribution is -0.110. The quantitative estimate of drug-likeness (QED) is 0.355. The Bertz CT molecular complexity index is 1320. The average Bonchev–Trinajstić information content (AvgIpc) is 2.79. The van der Waals surface area contributed by atoms with E-state index in [0.717, 1.165) is 5.92 Å². The van der Waals surface area contributed by atoms with E-state index in [4.69, 9.17) is 16.3 Å². The number of carbonyl (C=O) groups is 1. The monoisotopic (exact) mass is 502 g/mol. The van der Waals surface area contributed by atoms with Crippen molar-refractivity contribution in [2.24, 2.45) is 16.7 Å². The summed E-state index contributed by atoms with van der Waals surface area (Å²) in [5.41, 5.74) is 3.34. The lowest BCUT2D eigenvalue weighted by atomic mass is 9.39. The minimum absolute atomic E-state index is 0.117. The Kier molecular flexibility index (Phi) is 5.34. The molecule has 2 N–H and O–H groups in total. The summed E-state index contributed by atoms with van der Waals surface area (Å²) in [5.74, 6) is 1.39. The van der Waals surface area contributed by atoms with Crippen LogP contribution in [0.5, 0.6) is 11.5 Å². The number of pyridine rings is 1. The van der Waals surface area contributed by atoms with Crippen LogP contribution in [0.1, 0.15) is 68.3 Å². The van der Waals surface area contributed by atoms with Crippen molar-refractivity contribution in [1.82, 2.24) is 4.98 Å². The Hall–Kier alpha value is -3.05. The van der Waals surface area contributed by atoms with Crippen molar-refractivity contribution < 1.29 is 14.6 Å². The molecular weight excluding hydrogens is 472 g/mol. The normalized spacial score (nSPS) is 30.2. The molecule has 0 spiro atoms. The lowest BCUT2D eigenvalue weighted by Crippen LogP contribution is -2.56. The zero-order valence-corrected chi connectivity index (χ0v) is 21.4. The highest BCUT2D eigenvalue weighted by Crippen LogP contribution is 2.70. The highest BCUT2D eigenvalue weighted by molar-refractivity contribution is 6.32. The molecule has 1 heterocycles. The van der Waals surface area contributed by atoms with Crippen LogP contribution in [0.25, 0.3) is 0 Å². The van der Waals surface area contributed by atoms with Crippen molar-refractivity contribution in [3.63, 3.8) is 0 Å². The van der Waals surface area contributed by atoms with Crippen LogP contribution in [0.2, 0.25) is 5.02 Å². The van der Waals surface area contributed by atoms with Gasteiger partial charge in [0.05, 0.1) is 5.02 Å². The van der Waals surface area contributed by atoms with Gasteiger partial charge in [0.2, 0.25) is 0 Å². The van der Waals surface area contributed by atoms with Gasteiger partial charge in [-0.2, -0.15) is 0 Å². The van der Waals surface area contributed by atoms with Gasteiger partial charge in [-0.3, -0.25) is 0 Å². The van der Waals surface area contributed by atoms with E-state index in [2.05, 4.69) is 36.3 Å². The first-order valence-electron chi connectivity index (χ1n) is 12.7. The second-order valence-corrected chi connectivity index (χ2v) is 12.4. The van der Waals surface area contributed by atoms with E-state index >= 15 is 0 Å². The van der Waals surface area contributed by atoms with Crippen molar-refractivity contribution in [2.45, 2.75) is 57.8 Å². The molecule has 0 saturated heterocycles. The van der Waals surface area contributed by atoms with Crippen LogP contribution >= 0.6 is 11.6 Å². The van der Waals surface area contributed by atoms with Gasteiger partial charge in [0, 0.05) is 11.9 Å². The third-order valence-corrected chi connectivity index (χ3v) is 8.85. The van der Waals surface area contributed by atoms with E-state index in [-0.39, 0.29) is 11.0 Å². The highest BCUT2D eigenvalue weighted by Gasteiger charge is 2.60. The van der Waals surface area contributed by atoms with E-state index < -0.39 is 5.97 Å². The number of carboxylic acid groups (broad SMARTS) is 1. The van der Waals surface area contributed by atoms with Crippen molar-refractivity contribution in [1.29, 1.82) is 0 Å². The molecule has 1 aromatic heterocycles. The molecule has 36 heavy (non-hydrogen) atoms. The van der Waals surface area contributed by atoms with Crippen molar-refractivity contribution in [3.8, 4) is 11.5 Å². The van der Waals surface area contributed by atoms with Gasteiger partial charge in [-0.05, 0) is 115 Å². The minimum atomic E-state index is -1.03. The molecule has 0 amide bonds. The number of nitrogens with one attached hydrogen (secondary N) is 1. The standard InChI is InChI=1S/C30H31ClN2O3/c1-28-13-19-14-29(2,16-28)18-30(15-19,17-28)20-5-10-25(24(31)12-20)36-22-8-6-21(7-9-22)33-26-23(27(34)35)4-3-11-32-26/h3-12,19H,13-18H2,1-2H3,(H,32,33)(H,34,35). The van der Waals surface area contributed by atoms with E-state index in [9.17, 15) is 9.90 Å². The van der Waals surface area contributed by atoms with Gasteiger partial charge in [-0.15, -0.1) is 0 Å². The van der Waals surface area contributed by atoms with Gasteiger partial charge in [-0.25, -0.2) is 9.78 Å². The number of anilines is 2. The third-order valence-electron chi connectivity index (χ3n) is 8.55. The number of nitrogens with zero attached hydrogens (tertiary/aromatic N) is 1. The SMILES string of the molecule is CC12CC3CC(C)(C1)CC(c1ccc(Oc4ccc(Nc5ncccc5C(=O)O)cc4)c(Cl)c1)(C3)C2. The number of carboxylic acids is 1. The Morgan fingerprint density at radius 2 is 1.75 bits per heavy atom. The second kappa shape index (κ2) is 8.24. The third kappa shape index (κ3) is 4.13. The molecule has 0 aliphatic heterocycles. The summed E-state index contributed by atoms with van der Waals surface area (Å²) in [5, 5.41) is 13.1. The van der Waals surface area contributed by atoms with E-state index in [1.807, 2.05) is 30.3 Å². The van der Waals surface area contributed by atoms with E-state index in [0.29, 0.717) is 38.9 Å². The summed E-state index contributed by atoms with van der Waals surface area (Å²) in [6.07, 6.45) is 9.47. The molecule has 3 aromatic rings. The van der Waals surface area contributed by atoms with Crippen LogP contribution in [0, 0.1) is 16.7 Å². The molecule has 6 heteroatoms. The molecule has 5 nitrogen and oxygen atoms in total. The molecule has 0 radical (unpaired) electrons. The van der Waals surface area contributed by atoms with Crippen LogP contribution in [-0.4, -0.2) is 16.1 Å². The number of halogens is 1. The number of ether oxygens (including phenoxy) is 1. The summed E-state index contributed by atoms with van der Waals surface area (Å²) in [7, 11) is 0. The van der Waals surface area contributed by atoms with Crippen LogP contribution in [0.4, 0.5) is 11.5 Å². The summed E-state index contributed by atoms with van der Waals surface area (Å²) in [4.78, 5) is 15.6. The maximum Gasteiger partial charge on any atom is 0.339 e. The topological polar surface area (TPSA) is 71.5 Å². The number of aromatic carboxylic acids is 1. The molecule has 2 aromatic carbocycles. The largest absolute Gasteiger partial charge is 0.478 e. The molecule has 4 fully saturated rings. The Morgan fingerprint density at radius 3 is 2.39 bits per heavy atom. The Balaban J connectivity index is 1.19. The van der Waals surface area contributed by atoms with Crippen LogP contribution < -0.4 is 10.1 Å². The Labute approximate surface area is 216 Å². The predicted molar refractivity (Wildman–Crippen MR) is 142 cm³/mol. The number of hydrogen-bond acceptors (Lipinski definition) is 4. The maximum atomic E-state index is 11.4. The van der Waals surface area contributed by atoms with Crippen LogP contribution in [0.3, 0.4) is 0 Å². The fourth-order valence-electron chi connectivity index (χ4n) is 8.23. The Morgan fingerprint density at radius 1 is 1.03 bits per heavy atom. The van der Waals surface area contributed by atoms with E-state index in [1.54, 1.807) is 12.3 Å². The number of rotatable bonds is 6. The van der Waals surface area contributed by atoms with Gasteiger partial charge in [0.15, 0.2) is 0 Å². The molecule has 4 bridgehead atoms. The summed E-state index contributed by atoms with van der Waals surface area (Å²) in [6.45, 7) is 5.00. The average molecular weight is 503 g/mol. The summed E-state index contributed by atoms with van der Waals surface area (Å²) in [6, 6.07) is 16.8. The fourth-order valence-corrected chi connectivity index (χ4v) is 8.45. The lowest BCUT2D eigenvalue weighted by Gasteiger charge is -2.65. The van der Waals surface area contributed by atoms with Crippen LogP contribution in [0.15, 0.2) is 60.8 Å². The zero-order valence-electron chi connectivity index (χ0n) is 20.7. The van der Waals surface area contributed by atoms with Crippen LogP contribution in [-0.2, 0) is 5.41 Å². The molecule has 2 unspecified atom stereocenters. The van der Waals surface area contributed by atoms with Gasteiger partial charge < -0.3 is 15.2 Å². The van der Waals surface area contributed by atoms with Crippen molar-refractivity contribution in [2.75, 3.05) is 5.32 Å². The minimum Gasteiger partial charge on any atom is -0.478 e. The maximum absolute atomic E-state index is 11.4. The number of hydrogen-bond donors (Lipinski definition) is 2. The molecule has 4 saturated carbocycles. The number of benzene rings is 2. The zero-order chi connectivity index (χ0) is 25.1. The molecular formula is C30H31ClN2O3. The van der Waals surface area contributed by atoms with Gasteiger partial charge in [-0.1, -0.05) is 31.5 Å². The van der Waals surface area contributed by atoms with Gasteiger partial charge >= 0.3 is 5.97 Å². The smallest absolute Gasteiger partial charge is 0.339 e. The first-order valence-corrected chi connectivity index (χ1v) is 13.1. The molecule has 2 atom stereocenters. The first kappa shape index (κ1) is 23.4. The first-order chi connectivity index (χ1) is 17.1. The molecule has 4 aliphatic carbocycles. The molecule has 7 rings (SSSR count). The predicted octanol–water partition coefficient (Wildman–Crippen LogP) is 8.22. The van der Waals surface area contributed by atoms with Crippen molar-refractivity contribution in [3.05, 3.63) is 76.9 Å². The summed E-state index contributed by atoms with van der Waals surface area (Å²) >= 11 is 6.77. The van der Waals surface area contributed by atoms with Crippen molar-refractivity contribution >= 4 is 29.1 Å². The second-order valence-electron chi connectivity index (χ2n) is 12.0.